The third kappa shape index (κ3) is 4.23. The molecule has 0 saturated carbocycles. The zero-order valence-electron chi connectivity index (χ0n) is 15.3. The molecule has 28 heavy (non-hydrogen) atoms. The predicted octanol–water partition coefficient (Wildman–Crippen LogP) is 3.36. The minimum absolute atomic E-state index is 0.179. The minimum Gasteiger partial charge on any atom is -0.489 e. The van der Waals surface area contributed by atoms with Gasteiger partial charge >= 0.3 is 0 Å². The molecule has 6 heteroatoms. The number of nitrogens with one attached hydrogen (secondary N) is 1. The highest BCUT2D eigenvalue weighted by Gasteiger charge is 2.16. The van der Waals surface area contributed by atoms with Crippen LogP contribution in [-0.4, -0.2) is 24.1 Å². The van der Waals surface area contributed by atoms with Gasteiger partial charge < -0.3 is 19.5 Å². The molecule has 1 N–H and O–H groups in total. The van der Waals surface area contributed by atoms with Crippen LogP contribution >= 0.6 is 0 Å². The van der Waals surface area contributed by atoms with E-state index in [0.29, 0.717) is 49.2 Å². The van der Waals surface area contributed by atoms with Crippen LogP contribution in [0.25, 0.3) is 0 Å². The molecule has 0 spiro atoms. The van der Waals surface area contributed by atoms with Gasteiger partial charge in [-0.05, 0) is 30.3 Å². The van der Waals surface area contributed by atoms with E-state index in [1.165, 1.54) is 0 Å². The summed E-state index contributed by atoms with van der Waals surface area (Å²) in [7, 11) is 0. The van der Waals surface area contributed by atoms with Gasteiger partial charge in [-0.2, -0.15) is 0 Å². The maximum Gasteiger partial charge on any atom is 0.251 e. The summed E-state index contributed by atoms with van der Waals surface area (Å²) in [6.07, 6.45) is 3.47. The Bertz CT molecular complexity index is 960. The first kappa shape index (κ1) is 17.9. The molecular weight excluding hydrogens is 356 g/mol. The van der Waals surface area contributed by atoms with Gasteiger partial charge in [0.15, 0.2) is 11.5 Å². The quantitative estimate of drug-likeness (QED) is 0.714. The lowest BCUT2D eigenvalue weighted by Crippen LogP contribution is -2.24. The SMILES string of the molecule is O=C(NCc1cccc2c1OCCO2)c1cccc(OCc2cccnc2)c1. The Morgan fingerprint density at radius 1 is 1.07 bits per heavy atom. The van der Waals surface area contributed by atoms with Crippen molar-refractivity contribution < 1.29 is 19.0 Å². The molecule has 0 radical (unpaired) electrons. The minimum atomic E-state index is -0.179. The Balaban J connectivity index is 1.39. The molecule has 3 aromatic rings. The third-order valence-corrected chi connectivity index (χ3v) is 4.31. The average Bonchev–Trinajstić information content (AvgIpc) is 2.77. The number of nitrogens with zero attached hydrogens (tertiary/aromatic N) is 1. The second kappa shape index (κ2) is 8.43. The van der Waals surface area contributed by atoms with Gasteiger partial charge in [0.05, 0.1) is 0 Å². The zero-order valence-corrected chi connectivity index (χ0v) is 15.3. The molecule has 0 aliphatic carbocycles. The number of hydrogen-bond donors (Lipinski definition) is 1. The van der Waals surface area contributed by atoms with Crippen molar-refractivity contribution in [1.82, 2.24) is 10.3 Å². The monoisotopic (exact) mass is 376 g/mol. The highest BCUT2D eigenvalue weighted by atomic mass is 16.6. The van der Waals surface area contributed by atoms with Gasteiger partial charge in [-0.3, -0.25) is 9.78 Å². The van der Waals surface area contributed by atoms with Crippen molar-refractivity contribution >= 4 is 5.91 Å². The van der Waals surface area contributed by atoms with Crippen molar-refractivity contribution in [3.05, 3.63) is 83.7 Å². The summed E-state index contributed by atoms with van der Waals surface area (Å²) in [5, 5.41) is 2.93. The smallest absolute Gasteiger partial charge is 0.251 e. The molecule has 142 valence electrons. The standard InChI is InChI=1S/C22H20N2O4/c25-22(24-14-18-6-2-8-20-21(18)27-11-10-26-20)17-5-1-7-19(12-17)28-15-16-4-3-9-23-13-16/h1-9,12-13H,10-11,14-15H2,(H,24,25). The van der Waals surface area contributed by atoms with Crippen LogP contribution in [0.1, 0.15) is 21.5 Å². The summed E-state index contributed by atoms with van der Waals surface area (Å²) < 4.78 is 17.0. The fourth-order valence-electron chi connectivity index (χ4n) is 2.93. The van der Waals surface area contributed by atoms with Gasteiger partial charge in [0.2, 0.25) is 0 Å². The zero-order chi connectivity index (χ0) is 19.2. The number of pyridine rings is 1. The maximum absolute atomic E-state index is 12.6. The van der Waals surface area contributed by atoms with Crippen molar-refractivity contribution in [2.24, 2.45) is 0 Å². The van der Waals surface area contributed by atoms with E-state index in [0.717, 1.165) is 11.1 Å². The topological polar surface area (TPSA) is 69.7 Å². The van der Waals surface area contributed by atoms with Crippen LogP contribution in [0.4, 0.5) is 0 Å². The molecule has 0 bridgehead atoms. The largest absolute Gasteiger partial charge is 0.489 e. The summed E-state index contributed by atoms with van der Waals surface area (Å²) in [4.78, 5) is 16.6. The van der Waals surface area contributed by atoms with Gasteiger partial charge in [0, 0.05) is 35.6 Å². The normalized spacial score (nSPS) is 12.3. The van der Waals surface area contributed by atoms with Crippen LogP contribution in [0.15, 0.2) is 67.0 Å². The summed E-state index contributed by atoms with van der Waals surface area (Å²) in [6, 6.07) is 16.6. The Kier molecular flexibility index (Phi) is 5.38. The molecule has 6 nitrogen and oxygen atoms in total. The highest BCUT2D eigenvalue weighted by molar-refractivity contribution is 5.94. The maximum atomic E-state index is 12.6. The van der Waals surface area contributed by atoms with Crippen LogP contribution < -0.4 is 19.5 Å². The van der Waals surface area contributed by atoms with E-state index in [9.17, 15) is 4.79 Å². The van der Waals surface area contributed by atoms with E-state index >= 15 is 0 Å². The van der Waals surface area contributed by atoms with Crippen molar-refractivity contribution in [2.75, 3.05) is 13.2 Å². The number of amides is 1. The van der Waals surface area contributed by atoms with Crippen LogP contribution in [0, 0.1) is 0 Å². The van der Waals surface area contributed by atoms with Gasteiger partial charge in [-0.25, -0.2) is 0 Å². The van der Waals surface area contributed by atoms with E-state index in [4.69, 9.17) is 14.2 Å². The number of carbonyl (C=O) groups excluding carboxylic acids is 1. The number of aromatic nitrogens is 1. The summed E-state index contributed by atoms with van der Waals surface area (Å²) in [5.74, 6) is 1.86. The number of para-hydroxylation sites is 1. The first-order chi connectivity index (χ1) is 13.8. The van der Waals surface area contributed by atoms with Crippen LogP contribution in [0.5, 0.6) is 17.2 Å². The molecule has 1 aliphatic heterocycles. The Morgan fingerprint density at radius 3 is 2.86 bits per heavy atom. The molecule has 4 rings (SSSR count). The van der Waals surface area contributed by atoms with Crippen molar-refractivity contribution in [3.63, 3.8) is 0 Å². The van der Waals surface area contributed by atoms with E-state index < -0.39 is 0 Å². The van der Waals surface area contributed by atoms with Crippen molar-refractivity contribution in [1.29, 1.82) is 0 Å². The molecular formula is C22H20N2O4. The molecule has 1 aromatic heterocycles. The number of hydrogen-bond acceptors (Lipinski definition) is 5. The van der Waals surface area contributed by atoms with Crippen LogP contribution in [0.2, 0.25) is 0 Å². The number of fused-ring (bicyclic) bond motifs is 1. The Hall–Kier alpha value is -3.54. The van der Waals surface area contributed by atoms with Gasteiger partial charge in [0.1, 0.15) is 25.6 Å². The highest BCUT2D eigenvalue weighted by Crippen LogP contribution is 2.33. The van der Waals surface area contributed by atoms with Crippen molar-refractivity contribution in [3.8, 4) is 17.2 Å². The summed E-state index contributed by atoms with van der Waals surface area (Å²) >= 11 is 0. The molecule has 1 aliphatic rings. The van der Waals surface area contributed by atoms with Gasteiger partial charge in [0.25, 0.3) is 5.91 Å². The third-order valence-electron chi connectivity index (χ3n) is 4.31. The second-order valence-corrected chi connectivity index (χ2v) is 6.30. The van der Waals surface area contributed by atoms with Crippen LogP contribution in [-0.2, 0) is 13.2 Å². The lowest BCUT2D eigenvalue weighted by Gasteiger charge is -2.21. The van der Waals surface area contributed by atoms with E-state index in [1.807, 2.05) is 36.4 Å². The van der Waals surface area contributed by atoms with E-state index in [2.05, 4.69) is 10.3 Å². The van der Waals surface area contributed by atoms with E-state index in [1.54, 1.807) is 30.6 Å². The van der Waals surface area contributed by atoms with Crippen molar-refractivity contribution in [2.45, 2.75) is 13.2 Å². The predicted molar refractivity (Wildman–Crippen MR) is 104 cm³/mol. The molecule has 0 unspecified atom stereocenters. The molecule has 2 heterocycles. The Labute approximate surface area is 163 Å². The molecule has 0 saturated heterocycles. The Morgan fingerprint density at radius 2 is 1.96 bits per heavy atom. The van der Waals surface area contributed by atoms with Gasteiger partial charge in [-0.1, -0.05) is 24.3 Å². The van der Waals surface area contributed by atoms with E-state index in [-0.39, 0.29) is 5.91 Å². The number of rotatable bonds is 6. The first-order valence-electron chi connectivity index (χ1n) is 9.07. The molecule has 0 atom stereocenters. The lowest BCUT2D eigenvalue weighted by atomic mass is 10.1. The molecule has 0 fully saturated rings. The van der Waals surface area contributed by atoms with Crippen LogP contribution in [0.3, 0.4) is 0 Å². The fourth-order valence-corrected chi connectivity index (χ4v) is 2.93. The number of benzene rings is 2. The lowest BCUT2D eigenvalue weighted by molar-refractivity contribution is 0.0949. The average molecular weight is 376 g/mol. The van der Waals surface area contributed by atoms with Gasteiger partial charge in [-0.15, -0.1) is 0 Å². The summed E-state index contributed by atoms with van der Waals surface area (Å²) in [5.41, 5.74) is 2.38. The first-order valence-corrected chi connectivity index (χ1v) is 9.07. The molecule has 2 aromatic carbocycles. The summed E-state index contributed by atoms with van der Waals surface area (Å²) in [6.45, 7) is 1.79. The number of carbonyl (C=O) groups is 1. The molecule has 1 amide bonds. The number of ether oxygens (including phenoxy) is 3. The fraction of sp³-hybridized carbons (Fsp3) is 0.182. The second-order valence-electron chi connectivity index (χ2n) is 6.30.